The molecule has 0 saturated carbocycles. The van der Waals surface area contributed by atoms with E-state index in [9.17, 15) is 0 Å². The molecule has 0 radical (unpaired) electrons. The van der Waals surface area contributed by atoms with Gasteiger partial charge in [0.15, 0.2) is 0 Å². The van der Waals surface area contributed by atoms with E-state index in [1.54, 1.807) is 11.8 Å². The molecule has 1 aliphatic rings. The first kappa shape index (κ1) is 14.8. The van der Waals surface area contributed by atoms with E-state index in [1.165, 1.54) is 28.4 Å². The van der Waals surface area contributed by atoms with Gasteiger partial charge in [-0.3, -0.25) is 0 Å². The van der Waals surface area contributed by atoms with E-state index in [2.05, 4.69) is 58.0 Å². The fourth-order valence-electron chi connectivity index (χ4n) is 2.37. The molecule has 1 aliphatic heterocycles. The molecule has 0 N–H and O–H groups in total. The van der Waals surface area contributed by atoms with Crippen LogP contribution in [-0.4, -0.2) is 33.8 Å². The monoisotopic (exact) mass is 317 g/mol. The zero-order valence-corrected chi connectivity index (χ0v) is 14.0. The van der Waals surface area contributed by atoms with Crippen LogP contribution < -0.4 is 0 Å². The third-order valence-corrected chi connectivity index (χ3v) is 5.28. The van der Waals surface area contributed by atoms with Gasteiger partial charge in [-0.1, -0.05) is 47.7 Å². The van der Waals surface area contributed by atoms with Crippen molar-refractivity contribution >= 4 is 29.1 Å². The standard InChI is InChI=1S/C16H19N3S2/c1-12-5-7-13(8-6-12)11-20-16-15(17-21-18-16)14-4-3-9-19(2)10-14/h4-8H,3,9-11H2,1-2H3. The summed E-state index contributed by atoms with van der Waals surface area (Å²) in [6, 6.07) is 8.70. The van der Waals surface area contributed by atoms with Crippen molar-refractivity contribution < 1.29 is 0 Å². The van der Waals surface area contributed by atoms with Crippen LogP contribution in [0.25, 0.3) is 5.57 Å². The fourth-order valence-corrected chi connectivity index (χ4v) is 4.04. The number of hydrogen-bond acceptors (Lipinski definition) is 5. The normalized spacial score (nSPS) is 16.0. The molecule has 0 bridgehead atoms. The summed E-state index contributed by atoms with van der Waals surface area (Å²) in [4.78, 5) is 2.34. The van der Waals surface area contributed by atoms with Crippen LogP contribution in [0.2, 0.25) is 0 Å². The second-order valence-electron chi connectivity index (χ2n) is 5.45. The number of aromatic nitrogens is 2. The highest BCUT2D eigenvalue weighted by atomic mass is 32.2. The van der Waals surface area contributed by atoms with Crippen LogP contribution in [0.15, 0.2) is 35.4 Å². The largest absolute Gasteiger partial charge is 0.302 e. The maximum absolute atomic E-state index is 4.52. The molecule has 0 spiro atoms. The Kier molecular flexibility index (Phi) is 4.73. The van der Waals surface area contributed by atoms with Gasteiger partial charge in [0.2, 0.25) is 0 Å². The lowest BCUT2D eigenvalue weighted by Gasteiger charge is -2.22. The molecule has 0 atom stereocenters. The van der Waals surface area contributed by atoms with E-state index < -0.39 is 0 Å². The fraction of sp³-hybridized carbons (Fsp3) is 0.375. The van der Waals surface area contributed by atoms with Crippen molar-refractivity contribution in [2.75, 3.05) is 20.1 Å². The van der Waals surface area contributed by atoms with Crippen molar-refractivity contribution in [2.45, 2.75) is 24.1 Å². The van der Waals surface area contributed by atoms with Crippen LogP contribution in [0.4, 0.5) is 0 Å². The van der Waals surface area contributed by atoms with Gasteiger partial charge in [0, 0.05) is 18.8 Å². The summed E-state index contributed by atoms with van der Waals surface area (Å²) in [6.07, 6.45) is 3.41. The van der Waals surface area contributed by atoms with E-state index in [-0.39, 0.29) is 0 Å². The summed E-state index contributed by atoms with van der Waals surface area (Å²) in [7, 11) is 2.16. The Morgan fingerprint density at radius 3 is 2.81 bits per heavy atom. The topological polar surface area (TPSA) is 29.0 Å². The predicted molar refractivity (Wildman–Crippen MR) is 90.7 cm³/mol. The summed E-state index contributed by atoms with van der Waals surface area (Å²) in [5.41, 5.74) is 5.04. The third-order valence-electron chi connectivity index (χ3n) is 3.60. The zero-order chi connectivity index (χ0) is 14.7. The third kappa shape index (κ3) is 3.73. The molecule has 5 heteroatoms. The molecule has 2 heterocycles. The number of nitrogens with zero attached hydrogens (tertiary/aromatic N) is 3. The summed E-state index contributed by atoms with van der Waals surface area (Å²) in [5.74, 6) is 0.946. The number of likely N-dealkylation sites (N-methyl/N-ethyl adjacent to an activating group) is 1. The van der Waals surface area contributed by atoms with Gasteiger partial charge in [-0.25, -0.2) is 0 Å². The minimum atomic E-state index is 0.946. The predicted octanol–water partition coefficient (Wildman–Crippen LogP) is 3.86. The number of rotatable bonds is 4. The number of aryl methyl sites for hydroxylation is 1. The van der Waals surface area contributed by atoms with Crippen LogP contribution in [-0.2, 0) is 5.75 Å². The molecule has 0 fully saturated rings. The van der Waals surface area contributed by atoms with E-state index in [1.807, 2.05) is 0 Å². The average molecular weight is 317 g/mol. The molecular formula is C16H19N3S2. The van der Waals surface area contributed by atoms with Gasteiger partial charge in [0.25, 0.3) is 0 Å². The first-order chi connectivity index (χ1) is 10.2. The maximum Gasteiger partial charge on any atom is 0.138 e. The minimum absolute atomic E-state index is 0.946. The number of thioether (sulfide) groups is 1. The van der Waals surface area contributed by atoms with Gasteiger partial charge in [-0.2, -0.15) is 8.75 Å². The quantitative estimate of drug-likeness (QED) is 0.801. The van der Waals surface area contributed by atoms with E-state index in [0.717, 1.165) is 36.0 Å². The molecule has 3 nitrogen and oxygen atoms in total. The molecule has 0 saturated heterocycles. The van der Waals surface area contributed by atoms with Gasteiger partial charge in [-0.15, -0.1) is 0 Å². The molecule has 0 unspecified atom stereocenters. The lowest BCUT2D eigenvalue weighted by molar-refractivity contribution is 0.372. The molecule has 1 aromatic carbocycles. The first-order valence-corrected chi connectivity index (χ1v) is 8.83. The number of benzene rings is 1. The Morgan fingerprint density at radius 2 is 2.05 bits per heavy atom. The van der Waals surface area contributed by atoms with Crippen molar-refractivity contribution in [1.82, 2.24) is 13.6 Å². The summed E-state index contributed by atoms with van der Waals surface area (Å²) >= 11 is 3.10. The van der Waals surface area contributed by atoms with Crippen LogP contribution in [0.5, 0.6) is 0 Å². The molecule has 1 aromatic heterocycles. The number of hydrogen-bond donors (Lipinski definition) is 0. The van der Waals surface area contributed by atoms with Crippen molar-refractivity contribution in [3.8, 4) is 0 Å². The molecule has 0 amide bonds. The Morgan fingerprint density at radius 1 is 1.24 bits per heavy atom. The summed E-state index contributed by atoms with van der Waals surface area (Å²) in [6.45, 7) is 4.22. The van der Waals surface area contributed by atoms with Gasteiger partial charge >= 0.3 is 0 Å². The first-order valence-electron chi connectivity index (χ1n) is 7.11. The van der Waals surface area contributed by atoms with Gasteiger partial charge in [0.05, 0.1) is 11.7 Å². The van der Waals surface area contributed by atoms with Crippen LogP contribution in [0, 0.1) is 6.92 Å². The lowest BCUT2D eigenvalue weighted by Crippen LogP contribution is -2.25. The Labute approximate surface area is 134 Å². The van der Waals surface area contributed by atoms with E-state index in [0.29, 0.717) is 0 Å². The lowest BCUT2D eigenvalue weighted by atomic mass is 10.1. The molecule has 2 aromatic rings. The van der Waals surface area contributed by atoms with Gasteiger partial charge < -0.3 is 4.90 Å². The molecule has 21 heavy (non-hydrogen) atoms. The van der Waals surface area contributed by atoms with Crippen LogP contribution in [0.3, 0.4) is 0 Å². The minimum Gasteiger partial charge on any atom is -0.302 e. The highest BCUT2D eigenvalue weighted by Gasteiger charge is 2.17. The second kappa shape index (κ2) is 6.73. The van der Waals surface area contributed by atoms with Crippen molar-refractivity contribution in [3.05, 3.63) is 47.2 Å². The molecule has 110 valence electrons. The average Bonchev–Trinajstić information content (AvgIpc) is 2.95. The van der Waals surface area contributed by atoms with E-state index in [4.69, 9.17) is 0 Å². The molecule has 3 rings (SSSR count). The van der Waals surface area contributed by atoms with Gasteiger partial charge in [-0.05, 0) is 31.5 Å². The Hall–Kier alpha value is -1.17. The summed E-state index contributed by atoms with van der Waals surface area (Å²) < 4.78 is 9.00. The molecule has 0 aliphatic carbocycles. The highest BCUT2D eigenvalue weighted by molar-refractivity contribution is 7.98. The van der Waals surface area contributed by atoms with Gasteiger partial charge in [0.1, 0.15) is 10.7 Å². The maximum atomic E-state index is 4.52. The van der Waals surface area contributed by atoms with Crippen molar-refractivity contribution in [3.63, 3.8) is 0 Å². The summed E-state index contributed by atoms with van der Waals surface area (Å²) in [5, 5.41) is 1.07. The van der Waals surface area contributed by atoms with E-state index >= 15 is 0 Å². The van der Waals surface area contributed by atoms with Crippen molar-refractivity contribution in [2.24, 2.45) is 0 Å². The highest BCUT2D eigenvalue weighted by Crippen LogP contribution is 2.30. The van der Waals surface area contributed by atoms with Crippen molar-refractivity contribution in [1.29, 1.82) is 0 Å². The van der Waals surface area contributed by atoms with Crippen LogP contribution >= 0.6 is 23.5 Å². The zero-order valence-electron chi connectivity index (χ0n) is 12.4. The Bertz CT molecular complexity index is 631. The molecular weight excluding hydrogens is 298 g/mol. The Balaban J connectivity index is 1.71. The second-order valence-corrected chi connectivity index (χ2v) is 6.94. The smallest absolute Gasteiger partial charge is 0.138 e. The van der Waals surface area contributed by atoms with Crippen LogP contribution in [0.1, 0.15) is 23.2 Å². The SMILES string of the molecule is Cc1ccc(CSc2nsnc2C2=CCCN(C)C2)cc1.